The fourth-order valence-corrected chi connectivity index (χ4v) is 3.85. The minimum absolute atomic E-state index is 0.0622. The second-order valence-corrected chi connectivity index (χ2v) is 7.87. The van der Waals surface area contributed by atoms with Crippen LogP contribution < -0.4 is 10.6 Å². The normalized spacial score (nSPS) is 17.8. The van der Waals surface area contributed by atoms with Gasteiger partial charge >= 0.3 is 6.18 Å². The van der Waals surface area contributed by atoms with Gasteiger partial charge in [-0.25, -0.2) is 9.07 Å². The first-order valence-electron chi connectivity index (χ1n) is 10.3. The number of nitrogens with one attached hydrogen (secondary N) is 2. The van der Waals surface area contributed by atoms with Crippen molar-refractivity contribution in [2.45, 2.75) is 31.2 Å². The van der Waals surface area contributed by atoms with Crippen molar-refractivity contribution in [2.24, 2.45) is 0 Å². The molecule has 8 nitrogen and oxygen atoms in total. The van der Waals surface area contributed by atoms with E-state index in [1.807, 2.05) is 0 Å². The van der Waals surface area contributed by atoms with Gasteiger partial charge in [-0.2, -0.15) is 23.4 Å². The quantitative estimate of drug-likeness (QED) is 0.407. The second-order valence-electron chi connectivity index (χ2n) is 7.87. The Kier molecular flexibility index (Phi) is 5.34. The fraction of sp³-hybridized carbons (Fsp3) is 0.227. The monoisotopic (exact) mass is 474 g/mol. The van der Waals surface area contributed by atoms with E-state index >= 15 is 0 Å². The number of rotatable bonds is 5. The molecule has 1 aromatic carbocycles. The molecule has 176 valence electrons. The summed E-state index contributed by atoms with van der Waals surface area (Å²) in [5.41, 5.74) is 0.967. The topological polar surface area (TPSA) is 89.9 Å². The molecule has 2 atom stereocenters. The summed E-state index contributed by atoms with van der Waals surface area (Å²) in [5.74, 6) is -0.605. The Morgan fingerprint density at radius 2 is 2.03 bits per heavy atom. The largest absolute Gasteiger partial charge is 0.467 e. The number of furan rings is 1. The lowest BCUT2D eigenvalue weighted by molar-refractivity contribution is -0.174. The Balaban J connectivity index is 1.33. The highest BCUT2D eigenvalue weighted by Crippen LogP contribution is 2.43. The molecule has 0 aliphatic carbocycles. The first-order valence-corrected chi connectivity index (χ1v) is 10.3. The maximum atomic E-state index is 13.7. The van der Waals surface area contributed by atoms with Crippen LogP contribution in [0.2, 0.25) is 0 Å². The number of hydrogen-bond donors (Lipinski definition) is 2. The van der Waals surface area contributed by atoms with Gasteiger partial charge in [-0.15, -0.1) is 0 Å². The van der Waals surface area contributed by atoms with Crippen LogP contribution in [0, 0.1) is 5.82 Å². The van der Waals surface area contributed by atoms with Gasteiger partial charge in [0.1, 0.15) is 17.4 Å². The zero-order valence-corrected chi connectivity index (χ0v) is 17.5. The molecule has 4 aromatic rings. The van der Waals surface area contributed by atoms with E-state index in [9.17, 15) is 22.4 Å². The van der Waals surface area contributed by atoms with E-state index in [-0.39, 0.29) is 23.7 Å². The average molecular weight is 474 g/mol. The number of nitrogens with zero attached hydrogens (tertiary/aromatic N) is 4. The van der Waals surface area contributed by atoms with Crippen molar-refractivity contribution in [2.75, 3.05) is 10.6 Å². The van der Waals surface area contributed by atoms with E-state index in [1.54, 1.807) is 30.5 Å². The van der Waals surface area contributed by atoms with Crippen molar-refractivity contribution >= 4 is 17.4 Å². The highest BCUT2D eigenvalue weighted by Gasteiger charge is 2.47. The van der Waals surface area contributed by atoms with E-state index < -0.39 is 24.2 Å². The van der Waals surface area contributed by atoms with Gasteiger partial charge in [-0.3, -0.25) is 9.48 Å². The summed E-state index contributed by atoms with van der Waals surface area (Å²) in [6.45, 7) is 0.347. The number of alkyl halides is 3. The Labute approximate surface area is 190 Å². The Morgan fingerprint density at radius 3 is 2.74 bits per heavy atom. The number of carbonyl (C=O) groups is 1. The van der Waals surface area contributed by atoms with E-state index in [2.05, 4.69) is 20.8 Å². The van der Waals surface area contributed by atoms with E-state index in [4.69, 9.17) is 4.42 Å². The lowest BCUT2D eigenvalue weighted by Crippen LogP contribution is -2.35. The van der Waals surface area contributed by atoms with Crippen LogP contribution >= 0.6 is 0 Å². The molecule has 34 heavy (non-hydrogen) atoms. The Morgan fingerprint density at radius 1 is 1.24 bits per heavy atom. The van der Waals surface area contributed by atoms with E-state index in [1.165, 1.54) is 35.3 Å². The predicted molar refractivity (Wildman–Crippen MR) is 113 cm³/mol. The summed E-state index contributed by atoms with van der Waals surface area (Å²) in [7, 11) is 0. The van der Waals surface area contributed by atoms with Gasteiger partial charge < -0.3 is 15.1 Å². The first-order chi connectivity index (χ1) is 16.3. The van der Waals surface area contributed by atoms with Crippen LogP contribution in [-0.2, 0) is 6.54 Å². The highest BCUT2D eigenvalue weighted by atomic mass is 19.4. The maximum absolute atomic E-state index is 13.7. The summed E-state index contributed by atoms with van der Waals surface area (Å²) in [5, 5.41) is 13.6. The van der Waals surface area contributed by atoms with Crippen molar-refractivity contribution in [1.29, 1.82) is 0 Å². The van der Waals surface area contributed by atoms with Crippen LogP contribution in [0.25, 0.3) is 0 Å². The molecule has 0 fully saturated rings. The molecule has 5 rings (SSSR count). The molecule has 0 unspecified atom stereocenters. The molecule has 0 spiro atoms. The number of hydrogen-bond acceptors (Lipinski definition) is 5. The van der Waals surface area contributed by atoms with Crippen molar-refractivity contribution < 1.29 is 26.8 Å². The van der Waals surface area contributed by atoms with Gasteiger partial charge in [0.15, 0.2) is 11.7 Å². The third kappa shape index (κ3) is 4.38. The molecule has 0 saturated carbocycles. The zero-order valence-electron chi connectivity index (χ0n) is 17.5. The smallest absolute Gasteiger partial charge is 0.410 e. The number of benzene rings is 1. The molecule has 1 amide bonds. The lowest BCUT2D eigenvalue weighted by atomic mass is 10.0. The molecule has 0 saturated heterocycles. The number of halogens is 4. The third-order valence-corrected chi connectivity index (χ3v) is 5.46. The number of amides is 1. The second kappa shape index (κ2) is 8.36. The van der Waals surface area contributed by atoms with Gasteiger partial charge in [0, 0.05) is 18.7 Å². The zero-order chi connectivity index (χ0) is 23.9. The van der Waals surface area contributed by atoms with Crippen LogP contribution in [0.15, 0.2) is 65.5 Å². The number of aromatic nitrogens is 4. The summed E-state index contributed by atoms with van der Waals surface area (Å²) < 4.78 is 61.9. The van der Waals surface area contributed by atoms with Crippen LogP contribution in [-0.4, -0.2) is 31.6 Å². The van der Waals surface area contributed by atoms with Crippen LogP contribution in [0.1, 0.15) is 40.3 Å². The lowest BCUT2D eigenvalue weighted by Gasteiger charge is -2.32. The highest BCUT2D eigenvalue weighted by molar-refractivity contribution is 6.03. The number of fused-ring (bicyclic) bond motifs is 1. The van der Waals surface area contributed by atoms with Gasteiger partial charge in [0.2, 0.25) is 0 Å². The van der Waals surface area contributed by atoms with E-state index in [0.717, 1.165) is 10.2 Å². The summed E-state index contributed by atoms with van der Waals surface area (Å²) in [6, 6.07) is 7.73. The van der Waals surface area contributed by atoms with Crippen molar-refractivity contribution in [3.63, 3.8) is 0 Å². The molecule has 0 radical (unpaired) electrons. The fourth-order valence-electron chi connectivity index (χ4n) is 3.85. The van der Waals surface area contributed by atoms with Crippen LogP contribution in [0.5, 0.6) is 0 Å². The SMILES string of the molecule is O=C(Nc1cnn(Cc2ccc(F)cc2)c1)c1cc2n(n1)[C@H](C(F)(F)F)C[C@H](c1ccco1)N2. The number of anilines is 2. The Bertz CT molecular complexity index is 1290. The molecular weight excluding hydrogens is 456 g/mol. The van der Waals surface area contributed by atoms with Gasteiger partial charge in [-0.05, 0) is 29.8 Å². The van der Waals surface area contributed by atoms with Crippen molar-refractivity contribution in [3.8, 4) is 0 Å². The summed E-state index contributed by atoms with van der Waals surface area (Å²) in [6.07, 6.45) is -0.547. The average Bonchev–Trinajstić information content (AvgIpc) is 3.54. The van der Waals surface area contributed by atoms with Gasteiger partial charge in [0.05, 0.1) is 30.7 Å². The van der Waals surface area contributed by atoms with Crippen LogP contribution in [0.4, 0.5) is 29.1 Å². The van der Waals surface area contributed by atoms with Gasteiger partial charge in [-0.1, -0.05) is 12.1 Å². The molecule has 12 heteroatoms. The van der Waals surface area contributed by atoms with Crippen LogP contribution in [0.3, 0.4) is 0 Å². The minimum Gasteiger partial charge on any atom is -0.467 e. The number of carbonyl (C=O) groups excluding carboxylic acids is 1. The molecule has 0 bridgehead atoms. The molecule has 1 aliphatic rings. The van der Waals surface area contributed by atoms with Crippen molar-refractivity contribution in [3.05, 3.63) is 84.0 Å². The first kappa shape index (κ1) is 21.7. The molecular formula is C22H18F4N6O2. The molecule has 1 aliphatic heterocycles. The predicted octanol–water partition coefficient (Wildman–Crippen LogP) is 4.77. The van der Waals surface area contributed by atoms with Crippen molar-refractivity contribution in [1.82, 2.24) is 19.6 Å². The minimum atomic E-state index is -4.57. The maximum Gasteiger partial charge on any atom is 0.410 e. The molecule has 3 aromatic heterocycles. The third-order valence-electron chi connectivity index (χ3n) is 5.46. The standard InChI is InChI=1S/C22H18F4N6O2/c23-14-5-3-13(4-6-14)11-31-12-15(10-27-31)28-21(33)17-9-20-29-16(18-2-1-7-34-18)8-19(22(24,25)26)32(20)30-17/h1-7,9-10,12,16,19,29H,8,11H2,(H,28,33)/t16-,19+/m1/s1. The summed E-state index contributed by atoms with van der Waals surface area (Å²) in [4.78, 5) is 12.7. The Hall–Kier alpha value is -4.09. The summed E-state index contributed by atoms with van der Waals surface area (Å²) >= 11 is 0. The molecule has 2 N–H and O–H groups in total. The van der Waals surface area contributed by atoms with E-state index in [0.29, 0.717) is 18.0 Å². The molecule has 4 heterocycles. The van der Waals surface area contributed by atoms with Gasteiger partial charge in [0.25, 0.3) is 5.91 Å².